The zero-order valence-electron chi connectivity index (χ0n) is 15.3. The first-order valence-corrected chi connectivity index (χ1v) is 9.88. The van der Waals surface area contributed by atoms with E-state index in [1.807, 2.05) is 24.3 Å². The number of nitro benzene ring substituents is 1. The molecule has 0 bridgehead atoms. The number of hydrogen-bond donors (Lipinski definition) is 0. The van der Waals surface area contributed by atoms with Gasteiger partial charge in [-0.1, -0.05) is 23.5 Å². The summed E-state index contributed by atoms with van der Waals surface area (Å²) in [6.07, 6.45) is 1.84. The summed E-state index contributed by atoms with van der Waals surface area (Å²) in [4.78, 5) is 30.2. The highest BCUT2D eigenvalue weighted by molar-refractivity contribution is 7.22. The summed E-state index contributed by atoms with van der Waals surface area (Å²) in [5.41, 5.74) is 1.70. The molecule has 0 N–H and O–H groups in total. The third kappa shape index (κ3) is 3.61. The lowest BCUT2D eigenvalue weighted by atomic mass is 10.1. The van der Waals surface area contributed by atoms with Crippen LogP contribution in [0, 0.1) is 17.0 Å². The average molecular weight is 397 g/mol. The summed E-state index contributed by atoms with van der Waals surface area (Å²) in [6, 6.07) is 12.2. The summed E-state index contributed by atoms with van der Waals surface area (Å²) in [5.74, 6) is -0.229. The lowest BCUT2D eigenvalue weighted by molar-refractivity contribution is -0.385. The number of ether oxygens (including phenoxy) is 1. The van der Waals surface area contributed by atoms with Crippen LogP contribution in [0.1, 0.15) is 28.8 Å². The van der Waals surface area contributed by atoms with Crippen LogP contribution in [0.3, 0.4) is 0 Å². The molecule has 4 rings (SSSR count). The van der Waals surface area contributed by atoms with Crippen molar-refractivity contribution in [2.24, 2.45) is 0 Å². The Morgan fingerprint density at radius 1 is 1.36 bits per heavy atom. The van der Waals surface area contributed by atoms with Gasteiger partial charge in [-0.15, -0.1) is 0 Å². The maximum Gasteiger partial charge on any atom is 0.272 e. The van der Waals surface area contributed by atoms with Gasteiger partial charge in [0.25, 0.3) is 11.6 Å². The molecule has 1 atom stereocenters. The molecule has 0 saturated carbocycles. The van der Waals surface area contributed by atoms with E-state index < -0.39 is 4.92 Å². The Labute approximate surface area is 165 Å². The zero-order valence-corrected chi connectivity index (χ0v) is 16.1. The smallest absolute Gasteiger partial charge is 0.272 e. The van der Waals surface area contributed by atoms with Gasteiger partial charge in [-0.05, 0) is 44.0 Å². The fourth-order valence-corrected chi connectivity index (χ4v) is 4.34. The van der Waals surface area contributed by atoms with E-state index >= 15 is 0 Å². The third-order valence-electron chi connectivity index (χ3n) is 4.81. The van der Waals surface area contributed by atoms with Gasteiger partial charge < -0.3 is 4.74 Å². The van der Waals surface area contributed by atoms with Gasteiger partial charge in [0.15, 0.2) is 5.13 Å². The van der Waals surface area contributed by atoms with Crippen molar-refractivity contribution in [2.45, 2.75) is 25.9 Å². The minimum atomic E-state index is -0.443. The monoisotopic (exact) mass is 397 g/mol. The van der Waals surface area contributed by atoms with Gasteiger partial charge in [0.2, 0.25) is 0 Å². The summed E-state index contributed by atoms with van der Waals surface area (Å²) >= 11 is 1.45. The summed E-state index contributed by atoms with van der Waals surface area (Å²) in [6.45, 7) is 2.74. The molecule has 0 radical (unpaired) electrons. The quantitative estimate of drug-likeness (QED) is 0.472. The fraction of sp³-hybridized carbons (Fsp3) is 0.300. The van der Waals surface area contributed by atoms with E-state index in [1.54, 1.807) is 17.9 Å². The minimum absolute atomic E-state index is 0.00205. The van der Waals surface area contributed by atoms with Crippen molar-refractivity contribution >= 4 is 38.3 Å². The second kappa shape index (κ2) is 7.65. The highest BCUT2D eigenvalue weighted by Gasteiger charge is 2.27. The van der Waals surface area contributed by atoms with E-state index in [9.17, 15) is 14.9 Å². The average Bonchev–Trinajstić information content (AvgIpc) is 3.34. The van der Waals surface area contributed by atoms with Gasteiger partial charge in [-0.3, -0.25) is 19.8 Å². The van der Waals surface area contributed by atoms with Crippen molar-refractivity contribution in [1.82, 2.24) is 4.98 Å². The molecule has 1 fully saturated rings. The number of benzene rings is 2. The summed E-state index contributed by atoms with van der Waals surface area (Å²) in [7, 11) is 0. The number of anilines is 1. The predicted octanol–water partition coefficient (Wildman–Crippen LogP) is 4.34. The van der Waals surface area contributed by atoms with Gasteiger partial charge in [0.1, 0.15) is 0 Å². The van der Waals surface area contributed by atoms with Gasteiger partial charge in [-0.2, -0.15) is 0 Å². The first-order chi connectivity index (χ1) is 13.5. The number of amides is 1. The normalized spacial score (nSPS) is 16.4. The third-order valence-corrected chi connectivity index (χ3v) is 5.87. The Balaban J connectivity index is 1.70. The summed E-state index contributed by atoms with van der Waals surface area (Å²) < 4.78 is 6.74. The Kier molecular flexibility index (Phi) is 5.06. The maximum atomic E-state index is 13.3. The van der Waals surface area contributed by atoms with E-state index in [2.05, 4.69) is 4.98 Å². The largest absolute Gasteiger partial charge is 0.376 e. The van der Waals surface area contributed by atoms with Gasteiger partial charge in [-0.25, -0.2) is 4.98 Å². The lowest BCUT2D eigenvalue weighted by Crippen LogP contribution is -2.37. The number of carbonyl (C=O) groups is 1. The first kappa shape index (κ1) is 18.5. The minimum Gasteiger partial charge on any atom is -0.376 e. The van der Waals surface area contributed by atoms with Crippen LogP contribution in [0.2, 0.25) is 0 Å². The molecule has 8 heteroatoms. The second-order valence-electron chi connectivity index (χ2n) is 6.77. The maximum absolute atomic E-state index is 13.3. The van der Waals surface area contributed by atoms with E-state index in [1.165, 1.54) is 23.5 Å². The molecule has 2 heterocycles. The molecule has 28 heavy (non-hydrogen) atoms. The molecule has 3 aromatic rings. The fourth-order valence-electron chi connectivity index (χ4n) is 3.36. The molecule has 1 aliphatic rings. The highest BCUT2D eigenvalue weighted by Crippen LogP contribution is 2.31. The molecule has 1 saturated heterocycles. The highest BCUT2D eigenvalue weighted by atomic mass is 32.1. The number of para-hydroxylation sites is 1. The molecule has 1 amide bonds. The molecule has 0 spiro atoms. The molecule has 1 aromatic heterocycles. The Morgan fingerprint density at radius 3 is 2.86 bits per heavy atom. The number of nitrogens with zero attached hydrogens (tertiary/aromatic N) is 3. The number of fused-ring (bicyclic) bond motifs is 1. The molecule has 1 aliphatic heterocycles. The van der Waals surface area contributed by atoms with Crippen LogP contribution in [0.5, 0.6) is 0 Å². The molecule has 0 unspecified atom stereocenters. The Morgan fingerprint density at radius 2 is 2.18 bits per heavy atom. The SMILES string of the molecule is Cc1cc(C(=O)N(C[C@@H]2CCCO2)c2nc3ccccc3s2)ccc1[N+](=O)[O-]. The van der Waals surface area contributed by atoms with Gasteiger partial charge in [0.05, 0.1) is 27.8 Å². The van der Waals surface area contributed by atoms with Crippen LogP contribution in [0.15, 0.2) is 42.5 Å². The second-order valence-corrected chi connectivity index (χ2v) is 7.78. The molecular formula is C20H19N3O4S. The number of carbonyl (C=O) groups excluding carboxylic acids is 1. The van der Waals surface area contributed by atoms with Crippen molar-refractivity contribution < 1.29 is 14.5 Å². The van der Waals surface area contributed by atoms with Crippen LogP contribution in [-0.2, 0) is 4.74 Å². The van der Waals surface area contributed by atoms with Crippen molar-refractivity contribution in [3.63, 3.8) is 0 Å². The van der Waals surface area contributed by atoms with Crippen LogP contribution in [-0.4, -0.2) is 35.1 Å². The van der Waals surface area contributed by atoms with Crippen molar-refractivity contribution in [1.29, 1.82) is 0 Å². The van der Waals surface area contributed by atoms with Crippen molar-refractivity contribution in [3.8, 4) is 0 Å². The van der Waals surface area contributed by atoms with Gasteiger partial charge >= 0.3 is 0 Å². The number of nitro groups is 1. The van der Waals surface area contributed by atoms with E-state index in [0.717, 1.165) is 23.1 Å². The van der Waals surface area contributed by atoms with Crippen LogP contribution < -0.4 is 4.90 Å². The molecular weight excluding hydrogens is 378 g/mol. The molecule has 144 valence electrons. The van der Waals surface area contributed by atoms with E-state index in [4.69, 9.17) is 4.74 Å². The van der Waals surface area contributed by atoms with Crippen molar-refractivity contribution in [2.75, 3.05) is 18.1 Å². The predicted molar refractivity (Wildman–Crippen MR) is 108 cm³/mol. The Hall–Kier alpha value is -2.84. The number of thiazole rings is 1. The number of rotatable bonds is 5. The van der Waals surface area contributed by atoms with E-state index in [-0.39, 0.29) is 17.7 Å². The Bertz CT molecular complexity index is 1010. The van der Waals surface area contributed by atoms with Crippen LogP contribution in [0.4, 0.5) is 10.8 Å². The standard InChI is InChI=1S/C20H19N3O4S/c1-13-11-14(8-9-17(13)23(25)26)19(24)22(12-15-5-4-10-27-15)20-21-16-6-2-3-7-18(16)28-20/h2-3,6-9,11,15H,4-5,10,12H2,1H3/t15-/m0/s1. The van der Waals surface area contributed by atoms with Gasteiger partial charge in [0, 0.05) is 23.8 Å². The summed E-state index contributed by atoms with van der Waals surface area (Å²) in [5, 5.41) is 11.7. The van der Waals surface area contributed by atoms with Crippen molar-refractivity contribution in [3.05, 3.63) is 63.7 Å². The number of hydrogen-bond acceptors (Lipinski definition) is 6. The van der Waals surface area contributed by atoms with Crippen LogP contribution in [0.25, 0.3) is 10.2 Å². The topological polar surface area (TPSA) is 85.6 Å². The van der Waals surface area contributed by atoms with E-state index in [0.29, 0.717) is 29.4 Å². The molecule has 7 nitrogen and oxygen atoms in total. The number of aromatic nitrogens is 1. The first-order valence-electron chi connectivity index (χ1n) is 9.07. The molecule has 2 aromatic carbocycles. The molecule has 0 aliphatic carbocycles. The number of aryl methyl sites for hydroxylation is 1. The lowest BCUT2D eigenvalue weighted by Gasteiger charge is -2.23. The zero-order chi connectivity index (χ0) is 19.7. The van der Waals surface area contributed by atoms with Crippen LogP contribution >= 0.6 is 11.3 Å².